The molecule has 0 aromatic carbocycles. The van der Waals surface area contributed by atoms with Crippen molar-refractivity contribution in [3.05, 3.63) is 11.6 Å². The number of rotatable bonds is 4. The molecule has 1 aromatic rings. The molecule has 0 amide bonds. The Labute approximate surface area is 99.5 Å². The predicted octanol–water partition coefficient (Wildman–Crippen LogP) is -0.415. The summed E-state index contributed by atoms with van der Waals surface area (Å²) in [5.74, 6) is 0. The molecule has 90 valence electrons. The standard InChI is InChI=1S/C10H18N4OS/c11-7-9(8-15)13-2-4-14(5-3-13)10-12-1-6-16-10/h1,6,9,15H,2-5,7-8,11H2. The van der Waals surface area contributed by atoms with E-state index in [2.05, 4.69) is 14.8 Å². The highest BCUT2D eigenvalue weighted by Crippen LogP contribution is 2.19. The van der Waals surface area contributed by atoms with Gasteiger partial charge in [0.05, 0.1) is 6.61 Å². The van der Waals surface area contributed by atoms with Crippen molar-refractivity contribution in [2.45, 2.75) is 6.04 Å². The summed E-state index contributed by atoms with van der Waals surface area (Å²) in [5.41, 5.74) is 5.62. The molecule has 0 bridgehead atoms. The molecule has 6 heteroatoms. The Balaban J connectivity index is 1.87. The van der Waals surface area contributed by atoms with Crippen LogP contribution in [0.25, 0.3) is 0 Å². The fourth-order valence-electron chi connectivity index (χ4n) is 1.99. The van der Waals surface area contributed by atoms with Crippen molar-refractivity contribution in [3.8, 4) is 0 Å². The number of aliphatic hydroxyl groups excluding tert-OH is 1. The largest absolute Gasteiger partial charge is 0.395 e. The van der Waals surface area contributed by atoms with E-state index in [0.29, 0.717) is 6.54 Å². The first kappa shape index (κ1) is 11.8. The number of thiazole rings is 1. The number of aromatic nitrogens is 1. The maximum Gasteiger partial charge on any atom is 0.185 e. The van der Waals surface area contributed by atoms with E-state index in [1.54, 1.807) is 11.3 Å². The summed E-state index contributed by atoms with van der Waals surface area (Å²) in [6, 6.07) is 0.110. The van der Waals surface area contributed by atoms with Crippen molar-refractivity contribution in [2.24, 2.45) is 5.73 Å². The summed E-state index contributed by atoms with van der Waals surface area (Å²) in [7, 11) is 0. The average molecular weight is 242 g/mol. The average Bonchev–Trinajstić information content (AvgIpc) is 2.85. The van der Waals surface area contributed by atoms with Crippen LogP contribution < -0.4 is 10.6 Å². The van der Waals surface area contributed by atoms with Gasteiger partial charge < -0.3 is 15.7 Å². The zero-order valence-electron chi connectivity index (χ0n) is 9.25. The number of nitrogens with zero attached hydrogens (tertiary/aromatic N) is 3. The van der Waals surface area contributed by atoms with Crippen LogP contribution >= 0.6 is 11.3 Å². The van der Waals surface area contributed by atoms with Gasteiger partial charge in [-0.3, -0.25) is 4.90 Å². The van der Waals surface area contributed by atoms with Gasteiger partial charge in [0, 0.05) is 50.3 Å². The summed E-state index contributed by atoms with van der Waals surface area (Å²) in [4.78, 5) is 8.84. The minimum Gasteiger partial charge on any atom is -0.395 e. The number of hydrogen-bond acceptors (Lipinski definition) is 6. The Hall–Kier alpha value is -0.690. The highest BCUT2D eigenvalue weighted by molar-refractivity contribution is 7.13. The molecule has 2 heterocycles. The molecule has 1 atom stereocenters. The van der Waals surface area contributed by atoms with Crippen molar-refractivity contribution < 1.29 is 5.11 Å². The zero-order valence-corrected chi connectivity index (χ0v) is 10.1. The molecular weight excluding hydrogens is 224 g/mol. The van der Waals surface area contributed by atoms with Crippen LogP contribution in [-0.2, 0) is 0 Å². The molecule has 2 rings (SSSR count). The lowest BCUT2D eigenvalue weighted by atomic mass is 10.2. The van der Waals surface area contributed by atoms with Gasteiger partial charge in [-0.2, -0.15) is 0 Å². The molecule has 3 N–H and O–H groups in total. The molecule has 1 fully saturated rings. The number of hydrogen-bond donors (Lipinski definition) is 2. The van der Waals surface area contributed by atoms with Crippen LogP contribution in [0.5, 0.6) is 0 Å². The van der Waals surface area contributed by atoms with Gasteiger partial charge in [0.15, 0.2) is 5.13 Å². The molecule has 16 heavy (non-hydrogen) atoms. The summed E-state index contributed by atoms with van der Waals surface area (Å²) < 4.78 is 0. The summed E-state index contributed by atoms with van der Waals surface area (Å²) in [6.07, 6.45) is 1.84. The lowest BCUT2D eigenvalue weighted by Crippen LogP contribution is -2.53. The second-order valence-corrected chi connectivity index (χ2v) is 4.78. The number of nitrogens with two attached hydrogens (primary N) is 1. The third kappa shape index (κ3) is 2.52. The fraction of sp³-hybridized carbons (Fsp3) is 0.700. The number of anilines is 1. The zero-order chi connectivity index (χ0) is 11.4. The number of piperazine rings is 1. The lowest BCUT2D eigenvalue weighted by molar-refractivity contribution is 0.121. The third-order valence-electron chi connectivity index (χ3n) is 3.00. The van der Waals surface area contributed by atoms with E-state index in [9.17, 15) is 5.11 Å². The van der Waals surface area contributed by atoms with Crippen LogP contribution in [0, 0.1) is 0 Å². The first-order valence-corrected chi connectivity index (χ1v) is 6.42. The summed E-state index contributed by atoms with van der Waals surface area (Å²) in [5, 5.41) is 12.3. The highest BCUT2D eigenvalue weighted by atomic mass is 32.1. The van der Waals surface area contributed by atoms with Crippen LogP contribution in [0.15, 0.2) is 11.6 Å². The van der Waals surface area contributed by atoms with Crippen LogP contribution in [0.3, 0.4) is 0 Å². The Morgan fingerprint density at radius 3 is 2.69 bits per heavy atom. The third-order valence-corrected chi connectivity index (χ3v) is 3.84. The smallest absolute Gasteiger partial charge is 0.185 e. The quantitative estimate of drug-likeness (QED) is 0.751. The monoisotopic (exact) mass is 242 g/mol. The molecule has 5 nitrogen and oxygen atoms in total. The Bertz CT molecular complexity index is 294. The molecular formula is C10H18N4OS. The SMILES string of the molecule is NCC(CO)N1CCN(c2nccs2)CC1. The lowest BCUT2D eigenvalue weighted by Gasteiger charge is -2.38. The predicted molar refractivity (Wildman–Crippen MR) is 65.8 cm³/mol. The maximum absolute atomic E-state index is 9.18. The van der Waals surface area contributed by atoms with E-state index in [1.807, 2.05) is 11.6 Å². The van der Waals surface area contributed by atoms with Gasteiger partial charge >= 0.3 is 0 Å². The van der Waals surface area contributed by atoms with Crippen molar-refractivity contribution >= 4 is 16.5 Å². The Morgan fingerprint density at radius 2 is 2.19 bits per heavy atom. The highest BCUT2D eigenvalue weighted by Gasteiger charge is 2.23. The van der Waals surface area contributed by atoms with Gasteiger partial charge in [0.1, 0.15) is 0 Å². The maximum atomic E-state index is 9.18. The topological polar surface area (TPSA) is 65.6 Å². The summed E-state index contributed by atoms with van der Waals surface area (Å²) in [6.45, 7) is 4.49. The van der Waals surface area contributed by atoms with Crippen LogP contribution in [0.2, 0.25) is 0 Å². The molecule has 0 aliphatic carbocycles. The van der Waals surface area contributed by atoms with Crippen LogP contribution in [-0.4, -0.2) is 60.4 Å². The minimum absolute atomic E-state index is 0.110. The van der Waals surface area contributed by atoms with Gasteiger partial charge in [-0.05, 0) is 0 Å². The van der Waals surface area contributed by atoms with E-state index in [0.717, 1.165) is 31.3 Å². The first-order chi connectivity index (χ1) is 7.85. The van der Waals surface area contributed by atoms with Gasteiger partial charge in [-0.15, -0.1) is 11.3 Å². The molecule has 1 aromatic heterocycles. The molecule has 1 saturated heterocycles. The molecule has 0 spiro atoms. The molecule has 1 aliphatic heterocycles. The molecule has 0 saturated carbocycles. The van der Waals surface area contributed by atoms with Crippen molar-refractivity contribution in [1.82, 2.24) is 9.88 Å². The van der Waals surface area contributed by atoms with Crippen molar-refractivity contribution in [2.75, 3.05) is 44.2 Å². The van der Waals surface area contributed by atoms with E-state index < -0.39 is 0 Å². The van der Waals surface area contributed by atoms with Gasteiger partial charge in [0.2, 0.25) is 0 Å². The Kier molecular flexibility index (Phi) is 4.11. The normalized spacial score (nSPS) is 20.0. The molecule has 1 aliphatic rings. The summed E-state index contributed by atoms with van der Waals surface area (Å²) >= 11 is 1.67. The second kappa shape index (κ2) is 5.58. The van der Waals surface area contributed by atoms with Gasteiger partial charge in [0.25, 0.3) is 0 Å². The van der Waals surface area contributed by atoms with Gasteiger partial charge in [-0.1, -0.05) is 0 Å². The van der Waals surface area contributed by atoms with Crippen molar-refractivity contribution in [1.29, 1.82) is 0 Å². The Morgan fingerprint density at radius 1 is 1.44 bits per heavy atom. The van der Waals surface area contributed by atoms with E-state index in [1.165, 1.54) is 0 Å². The van der Waals surface area contributed by atoms with Crippen LogP contribution in [0.4, 0.5) is 5.13 Å². The first-order valence-electron chi connectivity index (χ1n) is 5.54. The van der Waals surface area contributed by atoms with E-state index in [-0.39, 0.29) is 12.6 Å². The number of aliphatic hydroxyl groups is 1. The molecule has 1 unspecified atom stereocenters. The van der Waals surface area contributed by atoms with Crippen LogP contribution in [0.1, 0.15) is 0 Å². The second-order valence-electron chi connectivity index (χ2n) is 3.91. The fourth-order valence-corrected chi connectivity index (χ4v) is 2.69. The minimum atomic E-state index is 0.110. The van der Waals surface area contributed by atoms with Crippen molar-refractivity contribution in [3.63, 3.8) is 0 Å². The van der Waals surface area contributed by atoms with E-state index in [4.69, 9.17) is 5.73 Å². The van der Waals surface area contributed by atoms with E-state index >= 15 is 0 Å². The molecule has 0 radical (unpaired) electrons. The van der Waals surface area contributed by atoms with Gasteiger partial charge in [-0.25, -0.2) is 4.98 Å².